The second-order valence-corrected chi connectivity index (χ2v) is 5.39. The summed E-state index contributed by atoms with van der Waals surface area (Å²) in [5.74, 6) is -0.00440. The first-order valence-corrected chi connectivity index (χ1v) is 6.83. The average molecular weight is 276 g/mol. The van der Waals surface area contributed by atoms with E-state index < -0.39 is 5.60 Å². The molecule has 5 heteroatoms. The molecular weight excluding hydrogens is 256 g/mol. The van der Waals surface area contributed by atoms with Gasteiger partial charge in [-0.2, -0.15) is 0 Å². The van der Waals surface area contributed by atoms with E-state index in [1.165, 1.54) is 6.92 Å². The van der Waals surface area contributed by atoms with E-state index in [0.717, 1.165) is 6.42 Å². The number of hydrogen-bond acceptors (Lipinski definition) is 3. The van der Waals surface area contributed by atoms with Crippen LogP contribution in [0.25, 0.3) is 0 Å². The number of nitrogens with zero attached hydrogens (tertiary/aromatic N) is 1. The van der Waals surface area contributed by atoms with E-state index >= 15 is 0 Å². The van der Waals surface area contributed by atoms with Gasteiger partial charge in [0.15, 0.2) is 5.78 Å². The lowest BCUT2D eigenvalue weighted by molar-refractivity contribution is -0.0792. The molecule has 2 rings (SSSR count). The summed E-state index contributed by atoms with van der Waals surface area (Å²) in [4.78, 5) is 24.7. The van der Waals surface area contributed by atoms with Crippen LogP contribution in [0.3, 0.4) is 0 Å². The maximum absolute atomic E-state index is 11.9. The number of benzene rings is 1. The van der Waals surface area contributed by atoms with E-state index in [1.807, 2.05) is 6.92 Å². The van der Waals surface area contributed by atoms with Crippen molar-refractivity contribution in [2.24, 2.45) is 0 Å². The van der Waals surface area contributed by atoms with Gasteiger partial charge in [-0.25, -0.2) is 4.79 Å². The Balaban J connectivity index is 1.88. The molecule has 0 radical (unpaired) electrons. The van der Waals surface area contributed by atoms with Crippen LogP contribution in [0.15, 0.2) is 24.3 Å². The third-order valence-corrected chi connectivity index (χ3v) is 3.52. The largest absolute Gasteiger partial charge is 0.386 e. The number of likely N-dealkylation sites (tertiary alicyclic amines) is 1. The number of rotatable bonds is 4. The number of urea groups is 1. The van der Waals surface area contributed by atoms with E-state index in [2.05, 4.69) is 5.32 Å². The van der Waals surface area contributed by atoms with Crippen molar-refractivity contribution in [2.75, 3.05) is 18.4 Å². The monoisotopic (exact) mass is 276 g/mol. The fourth-order valence-electron chi connectivity index (χ4n) is 2.42. The quantitative estimate of drug-likeness (QED) is 0.829. The molecule has 2 N–H and O–H groups in total. The second-order valence-electron chi connectivity index (χ2n) is 5.39. The van der Waals surface area contributed by atoms with E-state index in [-0.39, 0.29) is 11.8 Å². The normalized spacial score (nSPS) is 16.4. The van der Waals surface area contributed by atoms with Crippen LogP contribution in [0, 0.1) is 0 Å². The minimum absolute atomic E-state index is 0.00440. The molecule has 0 atom stereocenters. The fourth-order valence-corrected chi connectivity index (χ4v) is 2.42. The Labute approximate surface area is 118 Å². The Morgan fingerprint density at radius 2 is 1.90 bits per heavy atom. The Morgan fingerprint density at radius 3 is 2.40 bits per heavy atom. The number of carbonyl (C=O) groups is 2. The van der Waals surface area contributed by atoms with Gasteiger partial charge in [0.2, 0.25) is 0 Å². The fraction of sp³-hybridized carbons (Fsp3) is 0.467. The van der Waals surface area contributed by atoms with Crippen LogP contribution >= 0.6 is 0 Å². The lowest BCUT2D eigenvalue weighted by Crippen LogP contribution is -2.64. The van der Waals surface area contributed by atoms with Crippen LogP contribution in [0.4, 0.5) is 10.5 Å². The molecule has 1 aromatic carbocycles. The molecular formula is C15H20N2O3. The highest BCUT2D eigenvalue weighted by atomic mass is 16.3. The number of nitrogens with one attached hydrogen (secondary N) is 1. The first-order chi connectivity index (χ1) is 9.43. The van der Waals surface area contributed by atoms with Gasteiger partial charge in [-0.3, -0.25) is 4.79 Å². The van der Waals surface area contributed by atoms with Gasteiger partial charge in [-0.1, -0.05) is 13.3 Å². The molecule has 2 amide bonds. The zero-order valence-electron chi connectivity index (χ0n) is 11.8. The summed E-state index contributed by atoms with van der Waals surface area (Å²) in [5, 5.41) is 12.8. The Hall–Kier alpha value is -1.88. The van der Waals surface area contributed by atoms with Crippen molar-refractivity contribution in [3.8, 4) is 0 Å². The average Bonchev–Trinajstić information content (AvgIpc) is 2.36. The smallest absolute Gasteiger partial charge is 0.322 e. The summed E-state index contributed by atoms with van der Waals surface area (Å²) >= 11 is 0. The number of amides is 2. The first-order valence-electron chi connectivity index (χ1n) is 6.83. The molecule has 0 aliphatic carbocycles. The lowest BCUT2D eigenvalue weighted by atomic mass is 9.90. The van der Waals surface area contributed by atoms with Gasteiger partial charge in [0, 0.05) is 11.3 Å². The molecule has 0 aromatic heterocycles. The highest BCUT2D eigenvalue weighted by Crippen LogP contribution is 2.26. The molecule has 1 heterocycles. The SMILES string of the molecule is CCCC1(O)CN(C(=O)Nc2ccc(C(C)=O)cc2)C1. The summed E-state index contributed by atoms with van der Waals surface area (Å²) in [6, 6.07) is 6.55. The first kappa shape index (κ1) is 14.5. The van der Waals surface area contributed by atoms with Gasteiger partial charge in [-0.05, 0) is 37.6 Å². The zero-order valence-corrected chi connectivity index (χ0v) is 11.8. The summed E-state index contributed by atoms with van der Waals surface area (Å²) < 4.78 is 0. The molecule has 1 aliphatic rings. The number of hydrogen-bond donors (Lipinski definition) is 2. The molecule has 5 nitrogen and oxygen atoms in total. The molecule has 0 unspecified atom stereocenters. The van der Waals surface area contributed by atoms with Gasteiger partial charge in [-0.15, -0.1) is 0 Å². The van der Waals surface area contributed by atoms with Crippen molar-refractivity contribution in [1.29, 1.82) is 0 Å². The molecule has 108 valence electrons. The van der Waals surface area contributed by atoms with Gasteiger partial charge in [0.05, 0.1) is 18.7 Å². The van der Waals surface area contributed by atoms with Crippen LogP contribution in [0.2, 0.25) is 0 Å². The molecule has 1 aromatic rings. The Kier molecular flexibility index (Phi) is 4.09. The number of Topliss-reactive ketones (excluding diaryl/α,β-unsaturated/α-hetero) is 1. The van der Waals surface area contributed by atoms with Crippen LogP contribution in [-0.4, -0.2) is 40.5 Å². The van der Waals surface area contributed by atoms with Crippen molar-refractivity contribution in [3.63, 3.8) is 0 Å². The second kappa shape index (κ2) is 5.63. The summed E-state index contributed by atoms with van der Waals surface area (Å²) in [6.07, 6.45) is 1.61. The van der Waals surface area contributed by atoms with E-state index in [4.69, 9.17) is 0 Å². The molecule has 1 fully saturated rings. The van der Waals surface area contributed by atoms with Crippen molar-refractivity contribution in [3.05, 3.63) is 29.8 Å². The van der Waals surface area contributed by atoms with E-state index in [0.29, 0.717) is 30.8 Å². The van der Waals surface area contributed by atoms with Crippen LogP contribution < -0.4 is 5.32 Å². The van der Waals surface area contributed by atoms with Crippen molar-refractivity contribution in [1.82, 2.24) is 4.90 Å². The third-order valence-electron chi connectivity index (χ3n) is 3.52. The zero-order chi connectivity index (χ0) is 14.8. The maximum Gasteiger partial charge on any atom is 0.322 e. The standard InChI is InChI=1S/C15H20N2O3/c1-3-8-15(20)9-17(10-15)14(19)16-13-6-4-12(5-7-13)11(2)18/h4-7,20H,3,8-10H2,1-2H3,(H,16,19). The number of β-amino-alcohol motifs (C(OH)–C–C–N with tert-alkyl or cyclic N) is 1. The topological polar surface area (TPSA) is 69.6 Å². The number of anilines is 1. The van der Waals surface area contributed by atoms with Gasteiger partial charge < -0.3 is 15.3 Å². The summed E-state index contributed by atoms with van der Waals surface area (Å²) in [7, 11) is 0. The predicted octanol–water partition coefficient (Wildman–Crippen LogP) is 2.27. The molecule has 1 saturated heterocycles. The minimum atomic E-state index is -0.718. The molecule has 0 spiro atoms. The minimum Gasteiger partial charge on any atom is -0.386 e. The summed E-state index contributed by atoms with van der Waals surface area (Å²) in [5.41, 5.74) is 0.542. The van der Waals surface area contributed by atoms with Crippen LogP contribution in [0.5, 0.6) is 0 Å². The number of ketones is 1. The van der Waals surface area contributed by atoms with Gasteiger partial charge in [0.25, 0.3) is 0 Å². The highest BCUT2D eigenvalue weighted by Gasteiger charge is 2.42. The predicted molar refractivity (Wildman–Crippen MR) is 76.9 cm³/mol. The molecule has 0 bridgehead atoms. The van der Waals surface area contributed by atoms with E-state index in [1.54, 1.807) is 29.2 Å². The lowest BCUT2D eigenvalue weighted by Gasteiger charge is -2.46. The summed E-state index contributed by atoms with van der Waals surface area (Å²) in [6.45, 7) is 4.26. The third kappa shape index (κ3) is 3.17. The Bertz CT molecular complexity index is 504. The van der Waals surface area contributed by atoms with Crippen molar-refractivity contribution in [2.45, 2.75) is 32.3 Å². The molecule has 20 heavy (non-hydrogen) atoms. The van der Waals surface area contributed by atoms with Crippen molar-refractivity contribution < 1.29 is 14.7 Å². The number of aliphatic hydroxyl groups is 1. The van der Waals surface area contributed by atoms with Crippen molar-refractivity contribution >= 4 is 17.5 Å². The van der Waals surface area contributed by atoms with Gasteiger partial charge in [0.1, 0.15) is 0 Å². The van der Waals surface area contributed by atoms with E-state index in [9.17, 15) is 14.7 Å². The van der Waals surface area contributed by atoms with Gasteiger partial charge >= 0.3 is 6.03 Å². The molecule has 1 aliphatic heterocycles. The number of carbonyl (C=O) groups excluding carboxylic acids is 2. The van der Waals surface area contributed by atoms with Crippen LogP contribution in [-0.2, 0) is 0 Å². The molecule has 0 saturated carbocycles. The Morgan fingerprint density at radius 1 is 1.30 bits per heavy atom. The van der Waals surface area contributed by atoms with Crippen LogP contribution in [0.1, 0.15) is 37.0 Å². The maximum atomic E-state index is 11.9. The highest BCUT2D eigenvalue weighted by molar-refractivity contribution is 5.95.